The average molecular weight is 288 g/mol. The molecule has 5 heteroatoms. The molecule has 2 unspecified atom stereocenters. The van der Waals surface area contributed by atoms with E-state index >= 15 is 0 Å². The van der Waals surface area contributed by atoms with Gasteiger partial charge in [0, 0.05) is 25.2 Å². The van der Waals surface area contributed by atoms with Crippen LogP contribution >= 0.6 is 0 Å². The van der Waals surface area contributed by atoms with Crippen LogP contribution in [-0.4, -0.2) is 47.5 Å². The lowest BCUT2D eigenvalue weighted by atomic mass is 9.99. The molecule has 1 aromatic heterocycles. The summed E-state index contributed by atoms with van der Waals surface area (Å²) in [5, 5.41) is 6.34. The van der Waals surface area contributed by atoms with Crippen LogP contribution in [0.4, 0.5) is 5.82 Å². The number of pyridine rings is 1. The van der Waals surface area contributed by atoms with Gasteiger partial charge in [-0.1, -0.05) is 12.5 Å². The molecule has 2 atom stereocenters. The van der Waals surface area contributed by atoms with E-state index in [0.29, 0.717) is 11.7 Å². The van der Waals surface area contributed by atoms with Gasteiger partial charge in [-0.25, -0.2) is 4.98 Å². The first-order chi connectivity index (χ1) is 10.3. The third-order valence-corrected chi connectivity index (χ3v) is 4.51. The number of amides is 1. The van der Waals surface area contributed by atoms with Crippen LogP contribution < -0.4 is 10.6 Å². The van der Waals surface area contributed by atoms with Gasteiger partial charge < -0.3 is 10.6 Å². The smallest absolute Gasteiger partial charge is 0.270 e. The number of carbonyl (C=O) groups excluding carboxylic acids is 1. The molecule has 0 spiro atoms. The molecule has 2 aliphatic rings. The highest BCUT2D eigenvalue weighted by Gasteiger charge is 2.36. The van der Waals surface area contributed by atoms with Crippen molar-refractivity contribution in [2.45, 2.75) is 44.7 Å². The molecule has 114 valence electrons. The van der Waals surface area contributed by atoms with Gasteiger partial charge in [-0.2, -0.15) is 0 Å². The zero-order chi connectivity index (χ0) is 14.7. The quantitative estimate of drug-likeness (QED) is 0.888. The number of piperidine rings is 1. The fraction of sp³-hybridized carbons (Fsp3) is 0.625. The van der Waals surface area contributed by atoms with Crippen molar-refractivity contribution in [1.82, 2.24) is 15.2 Å². The normalized spacial score (nSPS) is 25.4. The number of carbonyl (C=O) groups is 1. The van der Waals surface area contributed by atoms with Crippen LogP contribution in [0.5, 0.6) is 0 Å². The van der Waals surface area contributed by atoms with E-state index in [1.807, 2.05) is 19.1 Å². The van der Waals surface area contributed by atoms with E-state index in [1.54, 1.807) is 6.07 Å². The van der Waals surface area contributed by atoms with E-state index in [9.17, 15) is 4.79 Å². The largest absolute Gasteiger partial charge is 0.370 e. The number of aromatic nitrogens is 1. The highest BCUT2D eigenvalue weighted by Crippen LogP contribution is 2.27. The number of rotatable bonds is 4. The molecule has 0 bridgehead atoms. The zero-order valence-electron chi connectivity index (χ0n) is 12.6. The Labute approximate surface area is 126 Å². The second kappa shape index (κ2) is 6.43. The standard InChI is InChI=1S/C16H24N4O/c1-2-17-15-8-5-6-13(18-15)16(21)19-12-9-11-20-10-4-3-7-14(12)20/h5-6,8,12,14H,2-4,7,9-11H2,1H3,(H,17,18)(H,19,21). The Balaban J connectivity index is 1.64. The fourth-order valence-electron chi connectivity index (χ4n) is 3.50. The Kier molecular flexibility index (Phi) is 4.39. The SMILES string of the molecule is CCNc1cccc(C(=O)NC2CCN3CCCCC23)n1. The number of nitrogens with one attached hydrogen (secondary N) is 2. The lowest BCUT2D eigenvalue weighted by Gasteiger charge is -2.32. The highest BCUT2D eigenvalue weighted by atomic mass is 16.2. The Bertz CT molecular complexity index is 505. The molecule has 2 fully saturated rings. The molecule has 2 aliphatic heterocycles. The van der Waals surface area contributed by atoms with Gasteiger partial charge in [0.05, 0.1) is 0 Å². The van der Waals surface area contributed by atoms with Gasteiger partial charge in [-0.05, 0) is 44.9 Å². The number of hydrogen-bond donors (Lipinski definition) is 2. The minimum atomic E-state index is -0.0489. The molecule has 5 nitrogen and oxygen atoms in total. The second-order valence-corrected chi connectivity index (χ2v) is 5.91. The molecule has 1 amide bonds. The molecule has 0 aromatic carbocycles. The number of fused-ring (bicyclic) bond motifs is 1. The van der Waals surface area contributed by atoms with Crippen molar-refractivity contribution in [2.75, 3.05) is 25.0 Å². The maximum absolute atomic E-state index is 12.4. The van der Waals surface area contributed by atoms with Crippen molar-refractivity contribution >= 4 is 11.7 Å². The highest BCUT2D eigenvalue weighted by molar-refractivity contribution is 5.92. The van der Waals surface area contributed by atoms with Gasteiger partial charge in [0.2, 0.25) is 0 Å². The average Bonchev–Trinajstić information content (AvgIpc) is 2.91. The Hall–Kier alpha value is -1.62. The topological polar surface area (TPSA) is 57.3 Å². The van der Waals surface area contributed by atoms with Crippen molar-refractivity contribution in [3.63, 3.8) is 0 Å². The Morgan fingerprint density at radius 1 is 1.33 bits per heavy atom. The maximum Gasteiger partial charge on any atom is 0.270 e. The van der Waals surface area contributed by atoms with Crippen molar-refractivity contribution in [2.24, 2.45) is 0 Å². The van der Waals surface area contributed by atoms with Crippen LogP contribution in [0.25, 0.3) is 0 Å². The zero-order valence-corrected chi connectivity index (χ0v) is 12.6. The summed E-state index contributed by atoms with van der Waals surface area (Å²) in [6, 6.07) is 6.35. The first kappa shape index (κ1) is 14.3. The van der Waals surface area contributed by atoms with Gasteiger partial charge in [-0.15, -0.1) is 0 Å². The molecular formula is C16H24N4O. The summed E-state index contributed by atoms with van der Waals surface area (Å²) in [5.74, 6) is 0.711. The van der Waals surface area contributed by atoms with Crippen molar-refractivity contribution in [3.05, 3.63) is 23.9 Å². The lowest BCUT2D eigenvalue weighted by Crippen LogP contribution is -2.46. The minimum Gasteiger partial charge on any atom is -0.370 e. The fourth-order valence-corrected chi connectivity index (χ4v) is 3.50. The molecule has 1 aromatic rings. The molecule has 0 aliphatic carbocycles. The second-order valence-electron chi connectivity index (χ2n) is 5.91. The number of anilines is 1. The first-order valence-electron chi connectivity index (χ1n) is 8.04. The van der Waals surface area contributed by atoms with Crippen LogP contribution in [0, 0.1) is 0 Å². The van der Waals surface area contributed by atoms with Crippen LogP contribution in [0.1, 0.15) is 43.1 Å². The van der Waals surface area contributed by atoms with E-state index in [0.717, 1.165) is 25.3 Å². The Morgan fingerprint density at radius 3 is 3.10 bits per heavy atom. The summed E-state index contributed by atoms with van der Waals surface area (Å²) < 4.78 is 0. The Morgan fingerprint density at radius 2 is 2.24 bits per heavy atom. The van der Waals surface area contributed by atoms with Crippen LogP contribution in [-0.2, 0) is 0 Å². The molecule has 2 saturated heterocycles. The van der Waals surface area contributed by atoms with Crippen LogP contribution in [0.15, 0.2) is 18.2 Å². The van der Waals surface area contributed by atoms with E-state index in [2.05, 4.69) is 20.5 Å². The molecule has 0 saturated carbocycles. The molecule has 2 N–H and O–H groups in total. The van der Waals surface area contributed by atoms with Gasteiger partial charge >= 0.3 is 0 Å². The molecule has 3 rings (SSSR count). The van der Waals surface area contributed by atoms with Crippen LogP contribution in [0.3, 0.4) is 0 Å². The van der Waals surface area contributed by atoms with Gasteiger partial charge in [0.15, 0.2) is 0 Å². The van der Waals surface area contributed by atoms with Crippen molar-refractivity contribution < 1.29 is 4.79 Å². The number of hydrogen-bond acceptors (Lipinski definition) is 4. The minimum absolute atomic E-state index is 0.0489. The third kappa shape index (κ3) is 3.18. The van der Waals surface area contributed by atoms with Crippen LogP contribution in [0.2, 0.25) is 0 Å². The summed E-state index contributed by atoms with van der Waals surface area (Å²) in [4.78, 5) is 19.3. The summed E-state index contributed by atoms with van der Waals surface area (Å²) in [5.41, 5.74) is 0.503. The monoisotopic (exact) mass is 288 g/mol. The van der Waals surface area contributed by atoms with E-state index < -0.39 is 0 Å². The van der Waals surface area contributed by atoms with E-state index in [4.69, 9.17) is 0 Å². The summed E-state index contributed by atoms with van der Waals surface area (Å²) in [6.07, 6.45) is 4.84. The number of nitrogens with zero attached hydrogens (tertiary/aromatic N) is 2. The van der Waals surface area contributed by atoms with Gasteiger partial charge in [-0.3, -0.25) is 9.69 Å². The molecular weight excluding hydrogens is 264 g/mol. The van der Waals surface area contributed by atoms with E-state index in [1.165, 1.54) is 25.8 Å². The van der Waals surface area contributed by atoms with Gasteiger partial charge in [0.1, 0.15) is 11.5 Å². The molecule has 21 heavy (non-hydrogen) atoms. The molecule has 3 heterocycles. The summed E-state index contributed by atoms with van der Waals surface area (Å²) in [6.45, 7) is 5.12. The summed E-state index contributed by atoms with van der Waals surface area (Å²) >= 11 is 0. The predicted octanol–water partition coefficient (Wildman–Crippen LogP) is 1.87. The van der Waals surface area contributed by atoms with E-state index in [-0.39, 0.29) is 11.9 Å². The summed E-state index contributed by atoms with van der Waals surface area (Å²) in [7, 11) is 0. The third-order valence-electron chi connectivity index (χ3n) is 4.51. The maximum atomic E-state index is 12.4. The predicted molar refractivity (Wildman–Crippen MR) is 83.5 cm³/mol. The molecule has 0 radical (unpaired) electrons. The first-order valence-corrected chi connectivity index (χ1v) is 8.04. The van der Waals surface area contributed by atoms with Crippen molar-refractivity contribution in [3.8, 4) is 0 Å². The van der Waals surface area contributed by atoms with Crippen molar-refractivity contribution in [1.29, 1.82) is 0 Å². The lowest BCUT2D eigenvalue weighted by molar-refractivity contribution is 0.0910. The van der Waals surface area contributed by atoms with Gasteiger partial charge in [0.25, 0.3) is 5.91 Å².